The van der Waals surface area contributed by atoms with Crippen LogP contribution in [0.15, 0.2) is 33.9 Å². The van der Waals surface area contributed by atoms with Crippen molar-refractivity contribution in [1.82, 2.24) is 18.7 Å². The number of hydrogen-bond donors (Lipinski definition) is 0. The number of fused-ring (bicyclic) bond motifs is 3. The van der Waals surface area contributed by atoms with Crippen LogP contribution in [0.4, 0.5) is 11.6 Å². The van der Waals surface area contributed by atoms with Crippen LogP contribution >= 0.6 is 11.6 Å². The summed E-state index contributed by atoms with van der Waals surface area (Å²) in [5, 5.41) is 0.633. The third-order valence-corrected chi connectivity index (χ3v) is 5.46. The maximum atomic E-state index is 13.2. The number of ether oxygens (including phenoxy) is 1. The van der Waals surface area contributed by atoms with Crippen LogP contribution in [-0.2, 0) is 24.9 Å². The van der Waals surface area contributed by atoms with E-state index in [9.17, 15) is 9.59 Å². The quantitative estimate of drug-likeness (QED) is 0.596. The minimum absolute atomic E-state index is 0.212. The van der Waals surface area contributed by atoms with E-state index in [1.807, 2.05) is 35.8 Å². The van der Waals surface area contributed by atoms with Gasteiger partial charge in [-0.05, 0) is 31.0 Å². The van der Waals surface area contributed by atoms with E-state index >= 15 is 0 Å². The molecule has 1 atom stereocenters. The van der Waals surface area contributed by atoms with Crippen molar-refractivity contribution in [1.29, 1.82) is 0 Å². The van der Waals surface area contributed by atoms with E-state index in [0.717, 1.165) is 12.2 Å². The highest BCUT2D eigenvalue weighted by Gasteiger charge is 2.29. The summed E-state index contributed by atoms with van der Waals surface area (Å²) >= 11 is 6.19. The number of hydrogen-bond acceptors (Lipinski definition) is 5. The number of aryl methyl sites for hydroxylation is 1. The molecular weight excluding hydrogens is 394 g/mol. The fraction of sp³-hybridized carbons (Fsp3) is 0.450. The summed E-state index contributed by atoms with van der Waals surface area (Å²) in [5.74, 6) is 0.933. The molecule has 2 aromatic heterocycles. The Morgan fingerprint density at radius 3 is 2.79 bits per heavy atom. The Morgan fingerprint density at radius 2 is 2.07 bits per heavy atom. The second kappa shape index (κ2) is 7.68. The molecule has 3 aromatic rings. The first kappa shape index (κ1) is 19.7. The average molecular weight is 418 g/mol. The zero-order chi connectivity index (χ0) is 20.7. The molecule has 1 aliphatic rings. The first-order chi connectivity index (χ1) is 13.9. The van der Waals surface area contributed by atoms with Crippen LogP contribution in [0.2, 0.25) is 5.02 Å². The van der Waals surface area contributed by atoms with Gasteiger partial charge in [0.25, 0.3) is 5.56 Å². The molecule has 0 bridgehead atoms. The molecular formula is C20H24ClN5O3. The monoisotopic (exact) mass is 417 g/mol. The summed E-state index contributed by atoms with van der Waals surface area (Å²) in [5.41, 5.74) is 1.02. The van der Waals surface area contributed by atoms with Crippen LogP contribution in [0.25, 0.3) is 11.2 Å². The Hall–Kier alpha value is -2.58. The Kier molecular flexibility index (Phi) is 5.23. The summed E-state index contributed by atoms with van der Waals surface area (Å²) < 4.78 is 9.94. The number of benzene rings is 1. The Balaban J connectivity index is 1.93. The highest BCUT2D eigenvalue weighted by molar-refractivity contribution is 6.30. The molecule has 154 valence electrons. The fourth-order valence-electron chi connectivity index (χ4n) is 3.86. The van der Waals surface area contributed by atoms with Gasteiger partial charge >= 0.3 is 5.69 Å². The highest BCUT2D eigenvalue weighted by atomic mass is 35.5. The fourth-order valence-corrected chi connectivity index (χ4v) is 4.05. The molecule has 29 heavy (non-hydrogen) atoms. The minimum atomic E-state index is -0.389. The molecule has 8 nitrogen and oxygen atoms in total. The maximum absolute atomic E-state index is 13.2. The first-order valence-electron chi connectivity index (χ1n) is 9.73. The Bertz CT molecular complexity index is 1180. The van der Waals surface area contributed by atoms with Gasteiger partial charge in [0.05, 0.1) is 13.2 Å². The number of imidazole rings is 1. The van der Waals surface area contributed by atoms with Gasteiger partial charge in [0.2, 0.25) is 5.95 Å². The number of rotatable bonds is 5. The van der Waals surface area contributed by atoms with Gasteiger partial charge in [-0.2, -0.15) is 4.98 Å². The molecule has 0 aliphatic carbocycles. The summed E-state index contributed by atoms with van der Waals surface area (Å²) in [4.78, 5) is 32.7. The molecule has 1 unspecified atom stereocenters. The second-order valence-electron chi connectivity index (χ2n) is 7.39. The van der Waals surface area contributed by atoms with Crippen molar-refractivity contribution in [2.75, 3.05) is 24.7 Å². The largest absolute Gasteiger partial charge is 0.380 e. The van der Waals surface area contributed by atoms with Crippen molar-refractivity contribution in [3.8, 4) is 0 Å². The van der Waals surface area contributed by atoms with Crippen LogP contribution < -0.4 is 16.1 Å². The van der Waals surface area contributed by atoms with E-state index in [1.165, 1.54) is 9.13 Å². The number of anilines is 2. The van der Waals surface area contributed by atoms with Crippen LogP contribution in [0.3, 0.4) is 0 Å². The van der Waals surface area contributed by atoms with E-state index in [-0.39, 0.29) is 23.7 Å². The molecule has 1 aliphatic heterocycles. The molecule has 1 aromatic carbocycles. The Morgan fingerprint density at radius 1 is 1.28 bits per heavy atom. The lowest BCUT2D eigenvalue weighted by Crippen LogP contribution is -2.41. The van der Waals surface area contributed by atoms with Crippen LogP contribution in [0, 0.1) is 5.92 Å². The zero-order valence-corrected chi connectivity index (χ0v) is 17.5. The van der Waals surface area contributed by atoms with Crippen molar-refractivity contribution < 1.29 is 4.74 Å². The third kappa shape index (κ3) is 3.36. The second-order valence-corrected chi connectivity index (χ2v) is 7.82. The van der Waals surface area contributed by atoms with Gasteiger partial charge in [-0.25, -0.2) is 4.79 Å². The molecule has 0 spiro atoms. The SMILES string of the molecule is CCOCCn1c(=O)c2c(nc3n2CC(C)CN3c2cccc(Cl)c2)n(C)c1=O. The van der Waals surface area contributed by atoms with Crippen molar-refractivity contribution in [3.05, 3.63) is 50.1 Å². The molecule has 0 radical (unpaired) electrons. The van der Waals surface area contributed by atoms with Crippen LogP contribution in [-0.4, -0.2) is 38.4 Å². The van der Waals surface area contributed by atoms with Crippen LogP contribution in [0.5, 0.6) is 0 Å². The van der Waals surface area contributed by atoms with Gasteiger partial charge in [0.15, 0.2) is 11.2 Å². The lowest BCUT2D eigenvalue weighted by Gasteiger charge is -2.33. The number of nitrogens with zero attached hydrogens (tertiary/aromatic N) is 5. The summed E-state index contributed by atoms with van der Waals surface area (Å²) in [6.07, 6.45) is 0. The van der Waals surface area contributed by atoms with E-state index in [1.54, 1.807) is 7.05 Å². The van der Waals surface area contributed by atoms with Crippen LogP contribution in [0.1, 0.15) is 13.8 Å². The van der Waals surface area contributed by atoms with Gasteiger partial charge in [-0.1, -0.05) is 24.6 Å². The van der Waals surface area contributed by atoms with Gasteiger partial charge < -0.3 is 14.2 Å². The maximum Gasteiger partial charge on any atom is 0.332 e. The molecule has 3 heterocycles. The summed E-state index contributed by atoms with van der Waals surface area (Å²) in [6.45, 7) is 6.46. The summed E-state index contributed by atoms with van der Waals surface area (Å²) in [6, 6.07) is 7.55. The molecule has 0 amide bonds. The lowest BCUT2D eigenvalue weighted by atomic mass is 10.1. The van der Waals surface area contributed by atoms with Gasteiger partial charge in [-0.15, -0.1) is 0 Å². The topological polar surface area (TPSA) is 74.3 Å². The normalized spacial score (nSPS) is 16.4. The minimum Gasteiger partial charge on any atom is -0.380 e. The smallest absolute Gasteiger partial charge is 0.332 e. The molecule has 0 N–H and O–H groups in total. The van der Waals surface area contributed by atoms with E-state index in [0.29, 0.717) is 41.9 Å². The molecule has 0 fully saturated rings. The summed E-state index contributed by atoms with van der Waals surface area (Å²) in [7, 11) is 1.65. The zero-order valence-electron chi connectivity index (χ0n) is 16.8. The lowest BCUT2D eigenvalue weighted by molar-refractivity contribution is 0.137. The highest BCUT2D eigenvalue weighted by Crippen LogP contribution is 2.33. The average Bonchev–Trinajstić information content (AvgIpc) is 3.08. The molecule has 9 heteroatoms. The van der Waals surface area contributed by atoms with Gasteiger partial charge in [0.1, 0.15) is 0 Å². The third-order valence-electron chi connectivity index (χ3n) is 5.23. The standard InChI is InChI=1S/C20H24ClN5O3/c1-4-29-9-8-24-18(27)16-17(23(3)20(24)28)22-19-25(11-13(2)12-26(16)19)15-7-5-6-14(21)10-15/h5-7,10,13H,4,8-9,11-12H2,1-3H3. The number of aromatic nitrogens is 4. The first-order valence-corrected chi connectivity index (χ1v) is 10.1. The van der Waals surface area contributed by atoms with Crippen molar-refractivity contribution >= 4 is 34.4 Å². The molecule has 4 rings (SSSR count). The molecule has 0 saturated carbocycles. The Labute approximate surface area is 172 Å². The predicted molar refractivity (Wildman–Crippen MR) is 113 cm³/mol. The van der Waals surface area contributed by atoms with E-state index in [4.69, 9.17) is 21.3 Å². The van der Waals surface area contributed by atoms with Gasteiger partial charge in [-0.3, -0.25) is 13.9 Å². The van der Waals surface area contributed by atoms with E-state index in [2.05, 4.69) is 11.8 Å². The van der Waals surface area contributed by atoms with Gasteiger partial charge in [0, 0.05) is 37.5 Å². The van der Waals surface area contributed by atoms with Crippen molar-refractivity contribution in [2.24, 2.45) is 13.0 Å². The number of halogens is 1. The van der Waals surface area contributed by atoms with E-state index < -0.39 is 0 Å². The predicted octanol–water partition coefficient (Wildman–Crippen LogP) is 2.37. The van der Waals surface area contributed by atoms with Crippen molar-refractivity contribution in [3.63, 3.8) is 0 Å². The molecule has 0 saturated heterocycles. The van der Waals surface area contributed by atoms with Crippen molar-refractivity contribution in [2.45, 2.75) is 26.9 Å².